The van der Waals surface area contributed by atoms with Gasteiger partial charge in [0.25, 0.3) is 10.0 Å². The van der Waals surface area contributed by atoms with E-state index in [1.807, 2.05) is 31.2 Å². The van der Waals surface area contributed by atoms with E-state index in [4.69, 9.17) is 4.42 Å². The molecule has 1 aromatic heterocycles. The van der Waals surface area contributed by atoms with Crippen LogP contribution in [0.3, 0.4) is 0 Å². The Balaban J connectivity index is 1.86. The highest BCUT2D eigenvalue weighted by molar-refractivity contribution is 7.92. The van der Waals surface area contributed by atoms with Gasteiger partial charge < -0.3 is 4.42 Å². The highest BCUT2D eigenvalue weighted by Crippen LogP contribution is 2.36. The van der Waals surface area contributed by atoms with Crippen LogP contribution in [-0.2, 0) is 16.4 Å². The lowest BCUT2D eigenvalue weighted by Gasteiger charge is -2.24. The number of fused-ring (bicyclic) bond motifs is 2. The van der Waals surface area contributed by atoms with Crippen molar-refractivity contribution in [1.29, 1.82) is 0 Å². The molecule has 0 fully saturated rings. The van der Waals surface area contributed by atoms with Crippen LogP contribution >= 0.6 is 0 Å². The molecule has 6 heteroatoms. The summed E-state index contributed by atoms with van der Waals surface area (Å²) in [5, 5.41) is 0.579. The molecule has 1 aliphatic rings. The molecular weight excluding hydrogens is 326 g/mol. The van der Waals surface area contributed by atoms with E-state index in [0.29, 0.717) is 17.4 Å². The second kappa shape index (κ2) is 5.21. The molecule has 4 rings (SSSR count). The number of nitrogens with zero attached hydrogens (tertiary/aromatic N) is 1. The minimum absolute atomic E-state index is 0.142. The van der Waals surface area contributed by atoms with Crippen molar-refractivity contribution in [3.8, 4) is 0 Å². The summed E-state index contributed by atoms with van der Waals surface area (Å²) in [4.78, 5) is 11.4. The first-order valence-electron chi connectivity index (χ1n) is 7.63. The van der Waals surface area contributed by atoms with Crippen molar-refractivity contribution in [3.63, 3.8) is 0 Å². The summed E-state index contributed by atoms with van der Waals surface area (Å²) >= 11 is 0. The number of anilines is 1. The van der Waals surface area contributed by atoms with E-state index in [0.717, 1.165) is 11.3 Å². The fraction of sp³-hybridized carbons (Fsp3) is 0.167. The van der Waals surface area contributed by atoms with Crippen molar-refractivity contribution in [2.75, 3.05) is 4.31 Å². The van der Waals surface area contributed by atoms with Crippen LogP contribution in [0.1, 0.15) is 12.5 Å². The molecule has 24 heavy (non-hydrogen) atoms. The molecular formula is C18H15NO4S. The van der Waals surface area contributed by atoms with Crippen LogP contribution in [0.5, 0.6) is 0 Å². The van der Waals surface area contributed by atoms with Gasteiger partial charge in [0.2, 0.25) is 0 Å². The predicted octanol–water partition coefficient (Wildman–Crippen LogP) is 2.93. The fourth-order valence-corrected chi connectivity index (χ4v) is 4.96. The molecule has 0 saturated carbocycles. The van der Waals surface area contributed by atoms with Crippen molar-refractivity contribution >= 4 is 26.7 Å². The average molecular weight is 341 g/mol. The van der Waals surface area contributed by atoms with Gasteiger partial charge in [-0.05, 0) is 49.2 Å². The maximum absolute atomic E-state index is 13.2. The van der Waals surface area contributed by atoms with E-state index in [2.05, 4.69) is 0 Å². The van der Waals surface area contributed by atoms with Crippen LogP contribution in [0.25, 0.3) is 11.0 Å². The largest absolute Gasteiger partial charge is 0.423 e. The summed E-state index contributed by atoms with van der Waals surface area (Å²) in [7, 11) is -3.69. The van der Waals surface area contributed by atoms with Gasteiger partial charge in [0.05, 0.1) is 10.6 Å². The van der Waals surface area contributed by atoms with Gasteiger partial charge in [0.1, 0.15) is 5.58 Å². The molecule has 2 heterocycles. The van der Waals surface area contributed by atoms with Crippen LogP contribution in [0.2, 0.25) is 0 Å². The van der Waals surface area contributed by atoms with Crippen molar-refractivity contribution in [1.82, 2.24) is 0 Å². The Morgan fingerprint density at radius 3 is 2.71 bits per heavy atom. The number of sulfonamides is 1. The van der Waals surface area contributed by atoms with Gasteiger partial charge in [0.15, 0.2) is 0 Å². The third-order valence-corrected chi connectivity index (χ3v) is 6.22. The van der Waals surface area contributed by atoms with Crippen LogP contribution < -0.4 is 9.93 Å². The number of para-hydroxylation sites is 1. The van der Waals surface area contributed by atoms with E-state index >= 15 is 0 Å². The molecule has 0 radical (unpaired) electrons. The summed E-state index contributed by atoms with van der Waals surface area (Å²) in [5.74, 6) is 0. The Morgan fingerprint density at radius 2 is 1.88 bits per heavy atom. The lowest BCUT2D eigenvalue weighted by atomic mass is 10.1. The predicted molar refractivity (Wildman–Crippen MR) is 91.8 cm³/mol. The minimum Gasteiger partial charge on any atom is -0.423 e. The van der Waals surface area contributed by atoms with E-state index in [1.165, 1.54) is 22.5 Å². The highest BCUT2D eigenvalue weighted by atomic mass is 32.2. The van der Waals surface area contributed by atoms with Crippen molar-refractivity contribution in [2.45, 2.75) is 24.3 Å². The van der Waals surface area contributed by atoms with E-state index in [-0.39, 0.29) is 10.9 Å². The lowest BCUT2D eigenvalue weighted by Crippen LogP contribution is -2.35. The maximum atomic E-state index is 13.2. The summed E-state index contributed by atoms with van der Waals surface area (Å²) in [5.41, 5.74) is 1.67. The van der Waals surface area contributed by atoms with Gasteiger partial charge in [-0.2, -0.15) is 0 Å². The molecule has 1 aliphatic heterocycles. The molecule has 1 atom stereocenters. The summed E-state index contributed by atoms with van der Waals surface area (Å²) in [6.07, 6.45) is 0.692. The van der Waals surface area contributed by atoms with Gasteiger partial charge in [-0.1, -0.05) is 18.2 Å². The minimum atomic E-state index is -3.69. The van der Waals surface area contributed by atoms with Gasteiger partial charge in [-0.25, -0.2) is 13.2 Å². The standard InChI is InChI=1S/C18H15NO4S/c1-12-10-13-4-2-3-5-16(13)19(12)24(21,22)15-7-8-17-14(11-15)6-9-18(20)23-17/h2-9,11-12H,10H2,1H3. The molecule has 122 valence electrons. The van der Waals surface area contributed by atoms with Gasteiger partial charge in [-0.15, -0.1) is 0 Å². The van der Waals surface area contributed by atoms with E-state index in [9.17, 15) is 13.2 Å². The second-order valence-electron chi connectivity index (χ2n) is 5.94. The molecule has 3 aromatic rings. The molecule has 0 N–H and O–H groups in total. The Bertz CT molecular complexity index is 1100. The average Bonchev–Trinajstić information content (AvgIpc) is 2.90. The second-order valence-corrected chi connectivity index (χ2v) is 7.75. The maximum Gasteiger partial charge on any atom is 0.336 e. The summed E-state index contributed by atoms with van der Waals surface area (Å²) < 4.78 is 32.8. The fourth-order valence-electron chi connectivity index (χ4n) is 3.23. The van der Waals surface area contributed by atoms with Crippen LogP contribution in [0.4, 0.5) is 5.69 Å². The third-order valence-electron chi connectivity index (χ3n) is 4.29. The lowest BCUT2D eigenvalue weighted by molar-refractivity contribution is 0.560. The van der Waals surface area contributed by atoms with Gasteiger partial charge in [0, 0.05) is 17.5 Å². The van der Waals surface area contributed by atoms with Crippen molar-refractivity contribution in [3.05, 3.63) is 70.6 Å². The molecule has 0 bridgehead atoms. The first-order chi connectivity index (χ1) is 11.5. The Labute approximate surface area is 139 Å². The highest BCUT2D eigenvalue weighted by Gasteiger charge is 2.35. The Morgan fingerprint density at radius 1 is 1.08 bits per heavy atom. The number of hydrogen-bond acceptors (Lipinski definition) is 4. The zero-order chi connectivity index (χ0) is 16.9. The van der Waals surface area contributed by atoms with Crippen LogP contribution in [0, 0.1) is 0 Å². The molecule has 0 spiro atoms. The summed E-state index contributed by atoms with van der Waals surface area (Å²) in [6, 6.07) is 14.8. The monoisotopic (exact) mass is 341 g/mol. The molecule has 5 nitrogen and oxygen atoms in total. The Hall–Kier alpha value is -2.60. The first-order valence-corrected chi connectivity index (χ1v) is 9.07. The number of rotatable bonds is 2. The van der Waals surface area contributed by atoms with Crippen LogP contribution in [-0.4, -0.2) is 14.5 Å². The Kier molecular flexibility index (Phi) is 3.25. The number of hydrogen-bond donors (Lipinski definition) is 0. The number of benzene rings is 2. The first kappa shape index (κ1) is 15.0. The van der Waals surface area contributed by atoms with Crippen molar-refractivity contribution < 1.29 is 12.8 Å². The normalized spacial score (nSPS) is 17.2. The molecule has 0 amide bonds. The van der Waals surface area contributed by atoms with Gasteiger partial charge >= 0.3 is 5.63 Å². The van der Waals surface area contributed by atoms with Crippen molar-refractivity contribution in [2.24, 2.45) is 0 Å². The zero-order valence-corrected chi connectivity index (χ0v) is 13.8. The van der Waals surface area contributed by atoms with Crippen LogP contribution in [0.15, 0.2) is 68.7 Å². The summed E-state index contributed by atoms with van der Waals surface area (Å²) in [6.45, 7) is 1.90. The molecule has 0 saturated heterocycles. The molecule has 1 unspecified atom stereocenters. The quantitative estimate of drug-likeness (QED) is 0.672. The smallest absolute Gasteiger partial charge is 0.336 e. The van der Waals surface area contributed by atoms with E-state index in [1.54, 1.807) is 12.1 Å². The zero-order valence-electron chi connectivity index (χ0n) is 13.0. The third kappa shape index (κ3) is 2.22. The SMILES string of the molecule is CC1Cc2ccccc2N1S(=O)(=O)c1ccc2oc(=O)ccc2c1. The van der Waals surface area contributed by atoms with E-state index < -0.39 is 15.6 Å². The molecule has 2 aromatic carbocycles. The molecule has 0 aliphatic carbocycles. The van der Waals surface area contributed by atoms with Gasteiger partial charge in [-0.3, -0.25) is 4.31 Å². The topological polar surface area (TPSA) is 67.6 Å².